The van der Waals surface area contributed by atoms with Gasteiger partial charge in [-0.1, -0.05) is 12.1 Å². The molecule has 3 rings (SSSR count). The second-order valence-corrected chi connectivity index (χ2v) is 5.60. The molecule has 0 aliphatic carbocycles. The minimum Gasteiger partial charge on any atom is -0.353 e. The predicted octanol–water partition coefficient (Wildman–Crippen LogP) is 3.64. The molecule has 0 N–H and O–H groups in total. The van der Waals surface area contributed by atoms with E-state index in [0.29, 0.717) is 0 Å². The number of para-hydroxylation sites is 2. The molecule has 2 heterocycles. The lowest BCUT2D eigenvalue weighted by molar-refractivity contribution is 0.906. The Morgan fingerprint density at radius 2 is 1.95 bits per heavy atom. The van der Waals surface area contributed by atoms with Crippen LogP contribution in [0.3, 0.4) is 0 Å². The van der Waals surface area contributed by atoms with Crippen molar-refractivity contribution in [2.45, 2.75) is 13.5 Å². The minimum absolute atomic E-state index is 0.872. The highest BCUT2D eigenvalue weighted by molar-refractivity contribution is 7.10. The molecule has 0 spiro atoms. The van der Waals surface area contributed by atoms with E-state index in [1.165, 1.54) is 10.4 Å². The Morgan fingerprint density at radius 1 is 1.16 bits per heavy atom. The molecule has 3 nitrogen and oxygen atoms in total. The van der Waals surface area contributed by atoms with Gasteiger partial charge < -0.3 is 4.90 Å². The highest BCUT2D eigenvalue weighted by atomic mass is 32.1. The zero-order chi connectivity index (χ0) is 13.2. The van der Waals surface area contributed by atoms with Gasteiger partial charge in [0.2, 0.25) is 0 Å². The van der Waals surface area contributed by atoms with E-state index in [4.69, 9.17) is 0 Å². The fraction of sp³-hybridized carbons (Fsp3) is 0.200. The second-order valence-electron chi connectivity index (χ2n) is 4.60. The Morgan fingerprint density at radius 3 is 2.68 bits per heavy atom. The Hall–Kier alpha value is -1.94. The first-order valence-electron chi connectivity index (χ1n) is 6.20. The third-order valence-corrected chi connectivity index (χ3v) is 4.18. The van der Waals surface area contributed by atoms with E-state index in [2.05, 4.69) is 40.3 Å². The molecule has 3 aromatic rings. The molecular formula is C15H15N3S. The van der Waals surface area contributed by atoms with Crippen LogP contribution >= 0.6 is 11.3 Å². The molecule has 0 saturated carbocycles. The van der Waals surface area contributed by atoms with Gasteiger partial charge in [0.1, 0.15) is 5.82 Å². The summed E-state index contributed by atoms with van der Waals surface area (Å²) in [6, 6.07) is 10.1. The number of benzene rings is 1. The van der Waals surface area contributed by atoms with Gasteiger partial charge in [0.25, 0.3) is 0 Å². The number of aryl methyl sites for hydroxylation is 1. The summed E-state index contributed by atoms with van der Waals surface area (Å²) in [5.74, 6) is 0.909. The average Bonchev–Trinajstić information content (AvgIpc) is 2.84. The third kappa shape index (κ3) is 2.44. The molecule has 0 fully saturated rings. The zero-order valence-electron chi connectivity index (χ0n) is 11.0. The Labute approximate surface area is 116 Å². The summed E-state index contributed by atoms with van der Waals surface area (Å²) in [6.07, 6.45) is 1.84. The van der Waals surface area contributed by atoms with Gasteiger partial charge in [-0.2, -0.15) is 0 Å². The highest BCUT2D eigenvalue weighted by Gasteiger charge is 2.08. The van der Waals surface area contributed by atoms with Crippen LogP contribution in [0, 0.1) is 6.92 Å². The van der Waals surface area contributed by atoms with Crippen molar-refractivity contribution >= 4 is 28.2 Å². The summed E-state index contributed by atoms with van der Waals surface area (Å²) < 4.78 is 0. The van der Waals surface area contributed by atoms with Crippen molar-refractivity contribution in [1.29, 1.82) is 0 Å². The van der Waals surface area contributed by atoms with Crippen molar-refractivity contribution in [3.8, 4) is 0 Å². The van der Waals surface area contributed by atoms with E-state index in [9.17, 15) is 0 Å². The molecule has 2 aromatic heterocycles. The topological polar surface area (TPSA) is 29.0 Å². The van der Waals surface area contributed by atoms with Crippen LogP contribution in [0.2, 0.25) is 0 Å². The van der Waals surface area contributed by atoms with Crippen LogP contribution in [0.15, 0.2) is 41.9 Å². The smallest absolute Gasteiger partial charge is 0.147 e. The monoisotopic (exact) mass is 269 g/mol. The number of fused-ring (bicyclic) bond motifs is 1. The number of hydrogen-bond donors (Lipinski definition) is 0. The fourth-order valence-corrected chi connectivity index (χ4v) is 2.95. The van der Waals surface area contributed by atoms with Gasteiger partial charge in [-0.3, -0.25) is 4.98 Å². The lowest BCUT2D eigenvalue weighted by Gasteiger charge is -2.17. The standard InChI is InChI=1S/C15H15N3S/c1-11-7-8-19-14(11)10-18(2)15-9-16-12-5-3-4-6-13(12)17-15/h3-9H,10H2,1-2H3. The average molecular weight is 269 g/mol. The molecule has 96 valence electrons. The van der Waals surface area contributed by atoms with Crippen LogP contribution in [-0.2, 0) is 6.54 Å². The summed E-state index contributed by atoms with van der Waals surface area (Å²) in [5.41, 5.74) is 3.22. The van der Waals surface area contributed by atoms with Crippen molar-refractivity contribution in [2.75, 3.05) is 11.9 Å². The maximum absolute atomic E-state index is 4.65. The quantitative estimate of drug-likeness (QED) is 0.727. The van der Waals surface area contributed by atoms with Gasteiger partial charge >= 0.3 is 0 Å². The number of hydrogen-bond acceptors (Lipinski definition) is 4. The Kier molecular flexibility index (Phi) is 3.17. The van der Waals surface area contributed by atoms with E-state index < -0.39 is 0 Å². The number of thiophene rings is 1. The van der Waals surface area contributed by atoms with Crippen LogP contribution in [0.5, 0.6) is 0 Å². The summed E-state index contributed by atoms with van der Waals surface area (Å²) in [7, 11) is 2.05. The summed E-state index contributed by atoms with van der Waals surface area (Å²) >= 11 is 1.79. The minimum atomic E-state index is 0.872. The van der Waals surface area contributed by atoms with Crippen LogP contribution in [0.25, 0.3) is 11.0 Å². The van der Waals surface area contributed by atoms with E-state index >= 15 is 0 Å². The van der Waals surface area contributed by atoms with Crippen molar-refractivity contribution in [3.05, 3.63) is 52.3 Å². The SMILES string of the molecule is Cc1ccsc1CN(C)c1cnc2ccccc2n1. The van der Waals surface area contributed by atoms with Gasteiger partial charge in [-0.15, -0.1) is 11.3 Å². The van der Waals surface area contributed by atoms with Crippen LogP contribution < -0.4 is 4.90 Å². The first-order valence-corrected chi connectivity index (χ1v) is 7.08. The molecule has 19 heavy (non-hydrogen) atoms. The van der Waals surface area contributed by atoms with Gasteiger partial charge in [0, 0.05) is 11.9 Å². The van der Waals surface area contributed by atoms with E-state index in [1.807, 2.05) is 30.5 Å². The van der Waals surface area contributed by atoms with Crippen LogP contribution in [0.4, 0.5) is 5.82 Å². The highest BCUT2D eigenvalue weighted by Crippen LogP contribution is 2.21. The van der Waals surface area contributed by atoms with Gasteiger partial charge in [0.05, 0.1) is 23.8 Å². The maximum atomic E-state index is 4.65. The molecular weight excluding hydrogens is 254 g/mol. The molecule has 0 aliphatic heterocycles. The van der Waals surface area contributed by atoms with Crippen LogP contribution in [0.1, 0.15) is 10.4 Å². The zero-order valence-corrected chi connectivity index (χ0v) is 11.8. The number of nitrogens with zero attached hydrogens (tertiary/aromatic N) is 3. The molecule has 0 amide bonds. The van der Waals surface area contributed by atoms with Gasteiger partial charge in [0.15, 0.2) is 0 Å². The van der Waals surface area contributed by atoms with Crippen molar-refractivity contribution in [1.82, 2.24) is 9.97 Å². The number of aromatic nitrogens is 2. The van der Waals surface area contributed by atoms with E-state index in [-0.39, 0.29) is 0 Å². The largest absolute Gasteiger partial charge is 0.353 e. The fourth-order valence-electron chi connectivity index (χ4n) is 1.99. The third-order valence-electron chi connectivity index (χ3n) is 3.18. The molecule has 0 bridgehead atoms. The van der Waals surface area contributed by atoms with Crippen molar-refractivity contribution < 1.29 is 0 Å². The number of rotatable bonds is 3. The van der Waals surface area contributed by atoms with Crippen molar-refractivity contribution in [2.24, 2.45) is 0 Å². The molecule has 0 atom stereocenters. The number of anilines is 1. The molecule has 0 aliphatic rings. The molecule has 4 heteroatoms. The van der Waals surface area contributed by atoms with E-state index in [0.717, 1.165) is 23.4 Å². The van der Waals surface area contributed by atoms with Crippen LogP contribution in [-0.4, -0.2) is 17.0 Å². The lowest BCUT2D eigenvalue weighted by Crippen LogP contribution is -2.17. The molecule has 0 unspecified atom stereocenters. The van der Waals surface area contributed by atoms with Gasteiger partial charge in [-0.05, 0) is 36.1 Å². The summed E-state index contributed by atoms with van der Waals surface area (Å²) in [4.78, 5) is 12.6. The molecule has 0 saturated heterocycles. The van der Waals surface area contributed by atoms with Gasteiger partial charge in [-0.25, -0.2) is 4.98 Å². The maximum Gasteiger partial charge on any atom is 0.147 e. The Bertz CT molecular complexity index is 705. The molecule has 0 radical (unpaired) electrons. The first kappa shape index (κ1) is 12.1. The molecule has 1 aromatic carbocycles. The summed E-state index contributed by atoms with van der Waals surface area (Å²) in [6.45, 7) is 3.02. The lowest BCUT2D eigenvalue weighted by atomic mass is 10.3. The Balaban J connectivity index is 1.89. The second kappa shape index (κ2) is 4.97. The van der Waals surface area contributed by atoms with Crippen molar-refractivity contribution in [3.63, 3.8) is 0 Å². The summed E-state index contributed by atoms with van der Waals surface area (Å²) in [5, 5.41) is 2.13. The predicted molar refractivity (Wildman–Crippen MR) is 80.7 cm³/mol. The normalized spacial score (nSPS) is 10.8. The van der Waals surface area contributed by atoms with E-state index in [1.54, 1.807) is 11.3 Å². The first-order chi connectivity index (χ1) is 9.24.